The molecule has 0 saturated carbocycles. The Hall–Kier alpha value is -1.31. The number of rotatable bonds is 3. The van der Waals surface area contributed by atoms with Gasteiger partial charge in [0.25, 0.3) is 0 Å². The molecule has 2 heteroatoms. The highest BCUT2D eigenvalue weighted by atomic mass is 16.2. The van der Waals surface area contributed by atoms with Crippen LogP contribution in [0.4, 0.5) is 0 Å². The van der Waals surface area contributed by atoms with Crippen LogP contribution in [0, 0.1) is 5.92 Å². The topological polar surface area (TPSA) is 29.1 Å². The van der Waals surface area contributed by atoms with Gasteiger partial charge in [0.1, 0.15) is 0 Å². The Balaban J connectivity index is 2.06. The summed E-state index contributed by atoms with van der Waals surface area (Å²) in [6.45, 7) is 2.13. The molecule has 1 fully saturated rings. The largest absolute Gasteiger partial charge is 0.349 e. The van der Waals surface area contributed by atoms with Gasteiger partial charge in [0.2, 0.25) is 5.91 Å². The van der Waals surface area contributed by atoms with Crippen LogP contribution in [0.15, 0.2) is 30.3 Å². The fourth-order valence-electron chi connectivity index (χ4n) is 2.24. The molecule has 1 aliphatic heterocycles. The number of carbonyl (C=O) groups is 1. The van der Waals surface area contributed by atoms with E-state index in [0.29, 0.717) is 0 Å². The summed E-state index contributed by atoms with van der Waals surface area (Å²) in [6.07, 6.45) is 3.05. The van der Waals surface area contributed by atoms with Crippen LogP contribution in [0.1, 0.15) is 37.8 Å². The van der Waals surface area contributed by atoms with Gasteiger partial charge in [-0.2, -0.15) is 0 Å². The van der Waals surface area contributed by atoms with E-state index in [0.717, 1.165) is 19.3 Å². The van der Waals surface area contributed by atoms with Crippen molar-refractivity contribution in [1.29, 1.82) is 0 Å². The number of benzene rings is 1. The Kier molecular flexibility index (Phi) is 3.05. The van der Waals surface area contributed by atoms with Gasteiger partial charge in [0.05, 0.1) is 6.04 Å². The molecule has 1 heterocycles. The maximum Gasteiger partial charge on any atom is 0.223 e. The molecule has 2 atom stereocenters. The highest BCUT2D eigenvalue weighted by Gasteiger charge is 2.31. The molecule has 2 nitrogen and oxygen atoms in total. The number of nitrogens with one attached hydrogen (secondary N) is 1. The molecule has 1 aromatic rings. The summed E-state index contributed by atoms with van der Waals surface area (Å²) in [6, 6.07) is 10.4. The third kappa shape index (κ3) is 2.20. The number of hydrogen-bond donors (Lipinski definition) is 1. The fraction of sp³-hybridized carbons (Fsp3) is 0.462. The minimum absolute atomic E-state index is 0.222. The Bertz CT molecular complexity index is 334. The molecule has 2 rings (SSSR count). The van der Waals surface area contributed by atoms with Gasteiger partial charge in [0, 0.05) is 5.92 Å². The van der Waals surface area contributed by atoms with Crippen molar-refractivity contribution >= 4 is 5.91 Å². The smallest absolute Gasteiger partial charge is 0.223 e. The van der Waals surface area contributed by atoms with Crippen molar-refractivity contribution in [2.45, 2.75) is 32.2 Å². The quantitative estimate of drug-likeness (QED) is 0.804. The SMILES string of the molecule is CCC[C@H]1C[C@@H](c2ccccc2)NC1=O. The molecule has 1 saturated heterocycles. The van der Waals surface area contributed by atoms with E-state index in [-0.39, 0.29) is 17.9 Å². The summed E-state index contributed by atoms with van der Waals surface area (Å²) in [7, 11) is 0. The summed E-state index contributed by atoms with van der Waals surface area (Å²) in [5.41, 5.74) is 1.23. The first-order chi connectivity index (χ1) is 7.31. The van der Waals surface area contributed by atoms with E-state index < -0.39 is 0 Å². The fourth-order valence-corrected chi connectivity index (χ4v) is 2.24. The van der Waals surface area contributed by atoms with Gasteiger partial charge in [0.15, 0.2) is 0 Å². The van der Waals surface area contributed by atoms with Crippen LogP contribution in [0.2, 0.25) is 0 Å². The van der Waals surface area contributed by atoms with Crippen LogP contribution in [-0.4, -0.2) is 5.91 Å². The van der Waals surface area contributed by atoms with Crippen molar-refractivity contribution in [2.24, 2.45) is 5.92 Å². The summed E-state index contributed by atoms with van der Waals surface area (Å²) >= 11 is 0. The van der Waals surface area contributed by atoms with Crippen LogP contribution in [-0.2, 0) is 4.79 Å². The molecule has 80 valence electrons. The van der Waals surface area contributed by atoms with Gasteiger partial charge in [-0.05, 0) is 18.4 Å². The molecule has 0 unspecified atom stereocenters. The van der Waals surface area contributed by atoms with Crippen molar-refractivity contribution < 1.29 is 4.79 Å². The van der Waals surface area contributed by atoms with Crippen LogP contribution in [0.3, 0.4) is 0 Å². The molecule has 0 aromatic heterocycles. The van der Waals surface area contributed by atoms with Crippen molar-refractivity contribution in [3.8, 4) is 0 Å². The van der Waals surface area contributed by atoms with Gasteiger partial charge in [-0.25, -0.2) is 0 Å². The molecular formula is C13H17NO. The third-order valence-corrected chi connectivity index (χ3v) is 3.05. The molecular weight excluding hydrogens is 186 g/mol. The molecule has 0 aliphatic carbocycles. The van der Waals surface area contributed by atoms with Gasteiger partial charge in [-0.3, -0.25) is 4.79 Å². The molecule has 0 bridgehead atoms. The second kappa shape index (κ2) is 4.47. The number of amides is 1. The molecule has 1 N–H and O–H groups in total. The van der Waals surface area contributed by atoms with Crippen molar-refractivity contribution in [3.63, 3.8) is 0 Å². The van der Waals surface area contributed by atoms with E-state index in [1.54, 1.807) is 0 Å². The highest BCUT2D eigenvalue weighted by Crippen LogP contribution is 2.30. The third-order valence-electron chi connectivity index (χ3n) is 3.05. The van der Waals surface area contributed by atoms with Crippen LogP contribution in [0.5, 0.6) is 0 Å². The monoisotopic (exact) mass is 203 g/mol. The normalized spacial score (nSPS) is 25.3. The lowest BCUT2D eigenvalue weighted by atomic mass is 9.96. The lowest BCUT2D eigenvalue weighted by molar-refractivity contribution is -0.122. The van der Waals surface area contributed by atoms with Crippen molar-refractivity contribution in [2.75, 3.05) is 0 Å². The van der Waals surface area contributed by atoms with Gasteiger partial charge >= 0.3 is 0 Å². The first-order valence-corrected chi connectivity index (χ1v) is 5.66. The Morgan fingerprint density at radius 3 is 2.73 bits per heavy atom. The average Bonchev–Trinajstić information content (AvgIpc) is 2.63. The highest BCUT2D eigenvalue weighted by molar-refractivity contribution is 5.81. The van der Waals surface area contributed by atoms with Crippen LogP contribution < -0.4 is 5.32 Å². The maximum absolute atomic E-state index is 11.6. The van der Waals surface area contributed by atoms with E-state index in [1.807, 2.05) is 18.2 Å². The van der Waals surface area contributed by atoms with Gasteiger partial charge in [-0.1, -0.05) is 43.7 Å². The lowest BCUT2D eigenvalue weighted by Crippen LogP contribution is -2.21. The lowest BCUT2D eigenvalue weighted by Gasteiger charge is -2.09. The van der Waals surface area contributed by atoms with E-state index >= 15 is 0 Å². The van der Waals surface area contributed by atoms with Crippen molar-refractivity contribution in [3.05, 3.63) is 35.9 Å². The summed E-state index contributed by atoms with van der Waals surface area (Å²) in [5, 5.41) is 3.07. The van der Waals surface area contributed by atoms with E-state index in [1.165, 1.54) is 5.56 Å². The van der Waals surface area contributed by atoms with E-state index in [4.69, 9.17) is 0 Å². The minimum atomic E-state index is 0.222. The molecule has 1 amide bonds. The zero-order chi connectivity index (χ0) is 10.7. The summed E-state index contributed by atoms with van der Waals surface area (Å²) in [4.78, 5) is 11.6. The second-order valence-electron chi connectivity index (χ2n) is 4.19. The molecule has 15 heavy (non-hydrogen) atoms. The summed E-state index contributed by atoms with van der Waals surface area (Å²) < 4.78 is 0. The maximum atomic E-state index is 11.6. The van der Waals surface area contributed by atoms with Crippen molar-refractivity contribution in [1.82, 2.24) is 5.32 Å². The number of carbonyl (C=O) groups excluding carboxylic acids is 1. The molecule has 0 spiro atoms. The average molecular weight is 203 g/mol. The summed E-state index contributed by atoms with van der Waals surface area (Å²) in [5.74, 6) is 0.450. The van der Waals surface area contributed by atoms with Crippen LogP contribution in [0.25, 0.3) is 0 Å². The molecule has 1 aliphatic rings. The molecule has 0 radical (unpaired) electrons. The van der Waals surface area contributed by atoms with Crippen LogP contribution >= 0.6 is 0 Å². The number of hydrogen-bond acceptors (Lipinski definition) is 1. The Morgan fingerprint density at radius 1 is 1.33 bits per heavy atom. The zero-order valence-electron chi connectivity index (χ0n) is 9.07. The predicted octanol–water partition coefficient (Wildman–Crippen LogP) is 2.66. The molecule has 1 aromatic carbocycles. The predicted molar refractivity (Wildman–Crippen MR) is 60.3 cm³/mol. The Labute approximate surface area is 90.7 Å². The first kappa shape index (κ1) is 10.2. The second-order valence-corrected chi connectivity index (χ2v) is 4.19. The zero-order valence-corrected chi connectivity index (χ0v) is 9.07. The minimum Gasteiger partial charge on any atom is -0.349 e. The standard InChI is InChI=1S/C13H17NO/c1-2-6-11-9-12(14-13(11)15)10-7-4-3-5-8-10/h3-5,7-8,11-12H,2,6,9H2,1H3,(H,14,15)/t11-,12-/m0/s1. The van der Waals surface area contributed by atoms with E-state index in [9.17, 15) is 4.79 Å². The first-order valence-electron chi connectivity index (χ1n) is 5.66. The van der Waals surface area contributed by atoms with Gasteiger partial charge in [-0.15, -0.1) is 0 Å². The van der Waals surface area contributed by atoms with Gasteiger partial charge < -0.3 is 5.32 Å². The Morgan fingerprint density at radius 2 is 2.07 bits per heavy atom. The van der Waals surface area contributed by atoms with E-state index in [2.05, 4.69) is 24.4 Å².